The minimum absolute atomic E-state index is 0.716. The zero-order valence-corrected chi connectivity index (χ0v) is 12.6. The number of nitrogens with one attached hydrogen (secondary N) is 2. The van der Waals surface area contributed by atoms with E-state index in [4.69, 9.17) is 9.47 Å². The molecular weight excluding hydrogens is 280 g/mol. The van der Waals surface area contributed by atoms with Crippen molar-refractivity contribution >= 4 is 17.1 Å². The van der Waals surface area contributed by atoms with E-state index in [1.165, 1.54) is 0 Å². The fourth-order valence-corrected chi connectivity index (χ4v) is 2.26. The zero-order valence-electron chi connectivity index (χ0n) is 12.6. The predicted octanol–water partition coefficient (Wildman–Crippen LogP) is 2.63. The van der Waals surface area contributed by atoms with E-state index in [0.717, 1.165) is 41.5 Å². The van der Waals surface area contributed by atoms with E-state index in [2.05, 4.69) is 20.3 Å². The quantitative estimate of drug-likeness (QED) is 0.732. The van der Waals surface area contributed by atoms with Gasteiger partial charge in [0.2, 0.25) is 5.95 Å². The summed E-state index contributed by atoms with van der Waals surface area (Å²) in [5.74, 6) is 2.31. The minimum Gasteiger partial charge on any atom is -0.497 e. The van der Waals surface area contributed by atoms with Crippen LogP contribution < -0.4 is 14.8 Å². The Morgan fingerprint density at radius 2 is 1.91 bits per heavy atom. The van der Waals surface area contributed by atoms with Crippen molar-refractivity contribution in [2.24, 2.45) is 0 Å². The average molecular weight is 298 g/mol. The molecule has 0 amide bonds. The fourth-order valence-electron chi connectivity index (χ4n) is 2.26. The van der Waals surface area contributed by atoms with Gasteiger partial charge in [0.05, 0.1) is 19.7 Å². The summed E-state index contributed by atoms with van der Waals surface area (Å²) in [6.45, 7) is 0.746. The van der Waals surface area contributed by atoms with Gasteiger partial charge >= 0.3 is 0 Å². The molecule has 0 fully saturated rings. The van der Waals surface area contributed by atoms with Crippen LogP contribution in [0.25, 0.3) is 11.2 Å². The fraction of sp³-hybridized carbons (Fsp3) is 0.250. The van der Waals surface area contributed by atoms with Crippen LogP contribution in [0.4, 0.5) is 5.95 Å². The maximum absolute atomic E-state index is 5.27. The first-order valence-corrected chi connectivity index (χ1v) is 7.05. The molecule has 0 aliphatic heterocycles. The molecule has 2 heterocycles. The Morgan fingerprint density at radius 3 is 2.59 bits per heavy atom. The van der Waals surface area contributed by atoms with Crippen LogP contribution in [0.5, 0.6) is 11.5 Å². The Hall–Kier alpha value is -2.76. The maximum Gasteiger partial charge on any atom is 0.202 e. The normalized spacial score (nSPS) is 10.6. The molecule has 3 aromatic rings. The van der Waals surface area contributed by atoms with Gasteiger partial charge in [0.25, 0.3) is 0 Å². The van der Waals surface area contributed by atoms with Crippen LogP contribution >= 0.6 is 0 Å². The Balaban J connectivity index is 1.65. The molecule has 2 N–H and O–H groups in total. The number of imidazole rings is 1. The van der Waals surface area contributed by atoms with Crippen LogP contribution in [0.15, 0.2) is 36.5 Å². The van der Waals surface area contributed by atoms with Gasteiger partial charge in [0.15, 0.2) is 5.65 Å². The van der Waals surface area contributed by atoms with Crippen LogP contribution in [0, 0.1) is 0 Å². The lowest BCUT2D eigenvalue weighted by Crippen LogP contribution is -2.06. The summed E-state index contributed by atoms with van der Waals surface area (Å²) in [5, 5.41) is 3.27. The lowest BCUT2D eigenvalue weighted by Gasteiger charge is -2.08. The Labute approximate surface area is 128 Å². The number of aromatic amines is 1. The number of rotatable bonds is 6. The second kappa shape index (κ2) is 6.34. The highest BCUT2D eigenvalue weighted by Gasteiger charge is 2.04. The SMILES string of the molecule is COc1cc(CCNc2nc3ncccc3[nH]2)cc(OC)c1. The van der Waals surface area contributed by atoms with E-state index in [-0.39, 0.29) is 0 Å². The first kappa shape index (κ1) is 14.2. The summed E-state index contributed by atoms with van der Waals surface area (Å²) in [6, 6.07) is 9.71. The van der Waals surface area contributed by atoms with Gasteiger partial charge in [-0.2, -0.15) is 4.98 Å². The first-order chi connectivity index (χ1) is 10.8. The zero-order chi connectivity index (χ0) is 15.4. The van der Waals surface area contributed by atoms with Gasteiger partial charge in [-0.3, -0.25) is 0 Å². The van der Waals surface area contributed by atoms with Crippen LogP contribution in [-0.4, -0.2) is 35.7 Å². The van der Waals surface area contributed by atoms with Gasteiger partial charge in [0, 0.05) is 18.8 Å². The number of aromatic nitrogens is 3. The van der Waals surface area contributed by atoms with Crippen LogP contribution in [0.3, 0.4) is 0 Å². The number of anilines is 1. The molecular formula is C16H18N4O2. The van der Waals surface area contributed by atoms with Gasteiger partial charge < -0.3 is 19.8 Å². The molecule has 114 valence electrons. The van der Waals surface area contributed by atoms with Gasteiger partial charge in [-0.1, -0.05) is 0 Å². The Kier molecular flexibility index (Phi) is 4.09. The standard InChI is InChI=1S/C16H18N4O2/c1-21-12-8-11(9-13(10-12)22-2)5-7-18-16-19-14-4-3-6-17-15(14)20-16/h3-4,6,8-10H,5,7H2,1-2H3,(H2,17,18,19,20). The molecule has 0 aliphatic rings. The molecule has 0 unspecified atom stereocenters. The van der Waals surface area contributed by atoms with E-state index in [1.54, 1.807) is 20.4 Å². The lowest BCUT2D eigenvalue weighted by molar-refractivity contribution is 0.393. The molecule has 0 saturated heterocycles. The predicted molar refractivity (Wildman–Crippen MR) is 85.6 cm³/mol. The average Bonchev–Trinajstić information content (AvgIpc) is 2.97. The minimum atomic E-state index is 0.716. The number of ether oxygens (including phenoxy) is 2. The topological polar surface area (TPSA) is 72.1 Å². The van der Waals surface area contributed by atoms with E-state index >= 15 is 0 Å². The van der Waals surface area contributed by atoms with E-state index in [0.29, 0.717) is 5.65 Å². The van der Waals surface area contributed by atoms with Gasteiger partial charge in [-0.25, -0.2) is 4.98 Å². The molecule has 0 aliphatic carbocycles. The molecule has 6 nitrogen and oxygen atoms in total. The van der Waals surface area contributed by atoms with Crippen LogP contribution in [-0.2, 0) is 6.42 Å². The van der Waals surface area contributed by atoms with E-state index < -0.39 is 0 Å². The van der Waals surface area contributed by atoms with E-state index in [1.807, 2.05) is 30.3 Å². The third-order valence-electron chi connectivity index (χ3n) is 3.37. The van der Waals surface area contributed by atoms with Crippen molar-refractivity contribution < 1.29 is 9.47 Å². The third-order valence-corrected chi connectivity index (χ3v) is 3.37. The summed E-state index contributed by atoms with van der Waals surface area (Å²) < 4.78 is 10.5. The molecule has 0 radical (unpaired) electrons. The summed E-state index contributed by atoms with van der Waals surface area (Å²) in [7, 11) is 3.30. The number of methoxy groups -OCH3 is 2. The van der Waals surface area contributed by atoms with Crippen LogP contribution in [0.2, 0.25) is 0 Å². The number of nitrogens with zero attached hydrogens (tertiary/aromatic N) is 2. The van der Waals surface area contributed by atoms with Gasteiger partial charge in [-0.15, -0.1) is 0 Å². The number of hydrogen-bond acceptors (Lipinski definition) is 5. The lowest BCUT2D eigenvalue weighted by atomic mass is 10.1. The Bertz CT molecular complexity index is 714. The Morgan fingerprint density at radius 1 is 1.14 bits per heavy atom. The second-order valence-electron chi connectivity index (χ2n) is 4.86. The third kappa shape index (κ3) is 3.11. The molecule has 0 bridgehead atoms. The van der Waals surface area contributed by atoms with Crippen LogP contribution in [0.1, 0.15) is 5.56 Å². The molecule has 2 aromatic heterocycles. The summed E-state index contributed by atoms with van der Waals surface area (Å²) >= 11 is 0. The molecule has 3 rings (SSSR count). The van der Waals surface area contributed by atoms with Crippen molar-refractivity contribution in [3.05, 3.63) is 42.1 Å². The van der Waals surface area contributed by atoms with Gasteiger partial charge in [-0.05, 0) is 36.2 Å². The summed E-state index contributed by atoms with van der Waals surface area (Å²) in [5.41, 5.74) is 2.78. The highest BCUT2D eigenvalue weighted by atomic mass is 16.5. The molecule has 0 saturated carbocycles. The molecule has 1 aromatic carbocycles. The van der Waals surface area contributed by atoms with E-state index in [9.17, 15) is 0 Å². The molecule has 6 heteroatoms. The van der Waals surface area contributed by atoms with Crippen molar-refractivity contribution in [3.63, 3.8) is 0 Å². The first-order valence-electron chi connectivity index (χ1n) is 7.05. The summed E-state index contributed by atoms with van der Waals surface area (Å²) in [6.07, 6.45) is 2.56. The molecule has 0 atom stereocenters. The van der Waals surface area contributed by atoms with Crippen molar-refractivity contribution in [1.82, 2.24) is 15.0 Å². The number of benzene rings is 1. The highest BCUT2D eigenvalue weighted by Crippen LogP contribution is 2.22. The number of hydrogen-bond donors (Lipinski definition) is 2. The van der Waals surface area contributed by atoms with Crippen molar-refractivity contribution in [3.8, 4) is 11.5 Å². The number of H-pyrrole nitrogens is 1. The van der Waals surface area contributed by atoms with Crippen molar-refractivity contribution in [1.29, 1.82) is 0 Å². The monoisotopic (exact) mass is 298 g/mol. The second-order valence-corrected chi connectivity index (χ2v) is 4.86. The molecule has 0 spiro atoms. The summed E-state index contributed by atoms with van der Waals surface area (Å²) in [4.78, 5) is 11.8. The smallest absolute Gasteiger partial charge is 0.202 e. The maximum atomic E-state index is 5.27. The van der Waals surface area contributed by atoms with Gasteiger partial charge in [0.1, 0.15) is 11.5 Å². The van der Waals surface area contributed by atoms with Crippen molar-refractivity contribution in [2.45, 2.75) is 6.42 Å². The highest BCUT2D eigenvalue weighted by molar-refractivity contribution is 5.72. The number of pyridine rings is 1. The van der Waals surface area contributed by atoms with Crippen molar-refractivity contribution in [2.75, 3.05) is 26.1 Å². The largest absolute Gasteiger partial charge is 0.497 e. The number of fused-ring (bicyclic) bond motifs is 1. The molecule has 22 heavy (non-hydrogen) atoms.